The standard InChI is InChI=1S/C15H25NO/c1-3-5-6-14(4-2)16-15-9-7-13(8-10-15)11-12-17/h7-10,14,16-17H,3-6,11-12H2,1-2H3. The minimum absolute atomic E-state index is 0.223. The molecule has 0 aliphatic rings. The predicted octanol–water partition coefficient (Wildman–Crippen LogP) is 3.60. The molecule has 0 saturated heterocycles. The summed E-state index contributed by atoms with van der Waals surface area (Å²) in [4.78, 5) is 0. The molecular weight excluding hydrogens is 210 g/mol. The molecule has 0 spiro atoms. The van der Waals surface area contributed by atoms with Crippen LogP contribution in [0.5, 0.6) is 0 Å². The minimum atomic E-state index is 0.223. The van der Waals surface area contributed by atoms with Crippen molar-refractivity contribution in [2.24, 2.45) is 0 Å². The van der Waals surface area contributed by atoms with Crippen LogP contribution in [-0.2, 0) is 6.42 Å². The smallest absolute Gasteiger partial charge is 0.0471 e. The van der Waals surface area contributed by atoms with Gasteiger partial charge in [0, 0.05) is 18.3 Å². The summed E-state index contributed by atoms with van der Waals surface area (Å²) in [5.74, 6) is 0. The molecule has 0 amide bonds. The van der Waals surface area contributed by atoms with Crippen LogP contribution in [0.2, 0.25) is 0 Å². The molecule has 0 heterocycles. The van der Waals surface area contributed by atoms with Gasteiger partial charge in [0.2, 0.25) is 0 Å². The number of unbranched alkanes of at least 4 members (excludes halogenated alkanes) is 1. The van der Waals surface area contributed by atoms with Crippen LogP contribution in [0.3, 0.4) is 0 Å². The molecule has 0 radical (unpaired) electrons. The van der Waals surface area contributed by atoms with Crippen LogP contribution in [0.15, 0.2) is 24.3 Å². The minimum Gasteiger partial charge on any atom is -0.396 e. The Labute approximate surface area is 105 Å². The van der Waals surface area contributed by atoms with Crippen molar-refractivity contribution in [3.63, 3.8) is 0 Å². The van der Waals surface area contributed by atoms with E-state index in [2.05, 4.69) is 43.4 Å². The summed E-state index contributed by atoms with van der Waals surface area (Å²) in [6.07, 6.45) is 5.69. The summed E-state index contributed by atoms with van der Waals surface area (Å²) in [7, 11) is 0. The van der Waals surface area contributed by atoms with E-state index in [1.807, 2.05) is 0 Å². The number of nitrogens with one attached hydrogen (secondary N) is 1. The first kappa shape index (κ1) is 14.0. The highest BCUT2D eigenvalue weighted by Crippen LogP contribution is 2.15. The first-order valence-electron chi connectivity index (χ1n) is 6.76. The van der Waals surface area contributed by atoms with Crippen LogP contribution in [0.25, 0.3) is 0 Å². The van der Waals surface area contributed by atoms with E-state index in [0.29, 0.717) is 6.04 Å². The van der Waals surface area contributed by atoms with E-state index in [4.69, 9.17) is 5.11 Å². The Kier molecular flexibility index (Phi) is 6.71. The molecule has 1 rings (SSSR count). The topological polar surface area (TPSA) is 32.3 Å². The van der Waals surface area contributed by atoms with Crippen molar-refractivity contribution < 1.29 is 5.11 Å². The normalized spacial score (nSPS) is 12.4. The fraction of sp³-hybridized carbons (Fsp3) is 0.600. The second kappa shape index (κ2) is 8.13. The molecule has 0 bridgehead atoms. The van der Waals surface area contributed by atoms with E-state index >= 15 is 0 Å². The lowest BCUT2D eigenvalue weighted by molar-refractivity contribution is 0.299. The zero-order chi connectivity index (χ0) is 12.5. The van der Waals surface area contributed by atoms with Crippen LogP contribution >= 0.6 is 0 Å². The molecule has 1 aromatic carbocycles. The SMILES string of the molecule is CCCCC(CC)Nc1ccc(CCO)cc1. The van der Waals surface area contributed by atoms with Crippen molar-refractivity contribution >= 4 is 5.69 Å². The number of benzene rings is 1. The number of aliphatic hydroxyl groups excluding tert-OH is 1. The predicted molar refractivity (Wildman–Crippen MR) is 74.5 cm³/mol. The lowest BCUT2D eigenvalue weighted by Gasteiger charge is -2.18. The molecule has 2 nitrogen and oxygen atoms in total. The highest BCUT2D eigenvalue weighted by Gasteiger charge is 2.05. The first-order chi connectivity index (χ1) is 8.30. The third-order valence-corrected chi connectivity index (χ3v) is 3.12. The maximum absolute atomic E-state index is 8.85. The van der Waals surface area contributed by atoms with E-state index in [0.717, 1.165) is 6.42 Å². The van der Waals surface area contributed by atoms with Gasteiger partial charge in [-0.05, 0) is 37.0 Å². The molecule has 1 aromatic rings. The highest BCUT2D eigenvalue weighted by molar-refractivity contribution is 5.45. The Bertz CT molecular complexity index is 294. The van der Waals surface area contributed by atoms with Crippen molar-refractivity contribution in [1.82, 2.24) is 0 Å². The third-order valence-electron chi connectivity index (χ3n) is 3.12. The Balaban J connectivity index is 2.48. The molecule has 1 unspecified atom stereocenters. The van der Waals surface area contributed by atoms with Gasteiger partial charge in [0.1, 0.15) is 0 Å². The van der Waals surface area contributed by atoms with E-state index in [1.165, 1.54) is 36.9 Å². The van der Waals surface area contributed by atoms with Crippen molar-refractivity contribution in [1.29, 1.82) is 0 Å². The van der Waals surface area contributed by atoms with Gasteiger partial charge in [-0.25, -0.2) is 0 Å². The van der Waals surface area contributed by atoms with Crippen LogP contribution in [0.4, 0.5) is 5.69 Å². The summed E-state index contributed by atoms with van der Waals surface area (Å²) in [5.41, 5.74) is 2.38. The van der Waals surface area contributed by atoms with E-state index in [-0.39, 0.29) is 6.61 Å². The first-order valence-corrected chi connectivity index (χ1v) is 6.76. The number of hydrogen-bond acceptors (Lipinski definition) is 2. The zero-order valence-corrected chi connectivity index (χ0v) is 11.1. The van der Waals surface area contributed by atoms with Gasteiger partial charge in [-0.15, -0.1) is 0 Å². The van der Waals surface area contributed by atoms with E-state index in [1.54, 1.807) is 0 Å². The van der Waals surface area contributed by atoms with Gasteiger partial charge in [-0.3, -0.25) is 0 Å². The fourth-order valence-electron chi connectivity index (χ4n) is 1.96. The van der Waals surface area contributed by atoms with Gasteiger partial charge >= 0.3 is 0 Å². The van der Waals surface area contributed by atoms with Crippen LogP contribution in [-0.4, -0.2) is 17.8 Å². The van der Waals surface area contributed by atoms with Gasteiger partial charge in [0.05, 0.1) is 0 Å². The second-order valence-corrected chi connectivity index (χ2v) is 4.56. The monoisotopic (exact) mass is 235 g/mol. The van der Waals surface area contributed by atoms with Gasteiger partial charge < -0.3 is 10.4 Å². The number of aliphatic hydroxyl groups is 1. The maximum Gasteiger partial charge on any atom is 0.0471 e. The molecule has 2 heteroatoms. The van der Waals surface area contributed by atoms with Gasteiger partial charge in [0.25, 0.3) is 0 Å². The molecule has 0 aliphatic carbocycles. The van der Waals surface area contributed by atoms with Crippen molar-refractivity contribution in [2.45, 2.75) is 52.0 Å². The summed E-state index contributed by atoms with van der Waals surface area (Å²) in [6.45, 7) is 4.69. The van der Waals surface area contributed by atoms with Gasteiger partial charge in [-0.2, -0.15) is 0 Å². The van der Waals surface area contributed by atoms with Crippen LogP contribution in [0, 0.1) is 0 Å². The number of hydrogen-bond donors (Lipinski definition) is 2. The molecule has 0 fully saturated rings. The third kappa shape index (κ3) is 5.22. The molecule has 0 saturated carbocycles. The lowest BCUT2D eigenvalue weighted by atomic mass is 10.1. The van der Waals surface area contributed by atoms with Crippen molar-refractivity contribution in [2.75, 3.05) is 11.9 Å². The largest absolute Gasteiger partial charge is 0.396 e. The summed E-state index contributed by atoms with van der Waals surface area (Å²) < 4.78 is 0. The number of anilines is 1. The quantitative estimate of drug-likeness (QED) is 0.721. The molecule has 2 N–H and O–H groups in total. The highest BCUT2D eigenvalue weighted by atomic mass is 16.2. The summed E-state index contributed by atoms with van der Waals surface area (Å²) >= 11 is 0. The molecular formula is C15H25NO. The Morgan fingerprint density at radius 1 is 1.18 bits per heavy atom. The van der Waals surface area contributed by atoms with Gasteiger partial charge in [-0.1, -0.05) is 38.8 Å². The average Bonchev–Trinajstić information content (AvgIpc) is 2.37. The fourth-order valence-corrected chi connectivity index (χ4v) is 1.96. The average molecular weight is 235 g/mol. The van der Waals surface area contributed by atoms with E-state index in [9.17, 15) is 0 Å². The molecule has 96 valence electrons. The zero-order valence-electron chi connectivity index (χ0n) is 11.1. The molecule has 17 heavy (non-hydrogen) atoms. The van der Waals surface area contributed by atoms with Crippen molar-refractivity contribution in [3.05, 3.63) is 29.8 Å². The lowest BCUT2D eigenvalue weighted by Crippen LogP contribution is -2.18. The second-order valence-electron chi connectivity index (χ2n) is 4.56. The Morgan fingerprint density at radius 3 is 2.41 bits per heavy atom. The summed E-state index contributed by atoms with van der Waals surface area (Å²) in [5, 5.41) is 12.4. The Morgan fingerprint density at radius 2 is 1.88 bits per heavy atom. The Hall–Kier alpha value is -1.02. The molecule has 0 aliphatic heterocycles. The van der Waals surface area contributed by atoms with Crippen LogP contribution < -0.4 is 5.32 Å². The summed E-state index contributed by atoms with van der Waals surface area (Å²) in [6, 6.07) is 8.98. The molecule has 1 atom stereocenters. The van der Waals surface area contributed by atoms with Gasteiger partial charge in [0.15, 0.2) is 0 Å². The van der Waals surface area contributed by atoms with Crippen molar-refractivity contribution in [3.8, 4) is 0 Å². The maximum atomic E-state index is 8.85. The molecule has 0 aromatic heterocycles. The number of rotatable bonds is 8. The van der Waals surface area contributed by atoms with Crippen LogP contribution in [0.1, 0.15) is 45.1 Å². The van der Waals surface area contributed by atoms with E-state index < -0.39 is 0 Å².